The molecule has 0 spiro atoms. The minimum Gasteiger partial charge on any atom is -0.395 e. The van der Waals surface area contributed by atoms with Gasteiger partial charge < -0.3 is 10.0 Å². The van der Waals surface area contributed by atoms with E-state index in [9.17, 15) is 0 Å². The Morgan fingerprint density at radius 2 is 1.65 bits per heavy atom. The van der Waals surface area contributed by atoms with E-state index in [1.54, 1.807) is 11.1 Å². The van der Waals surface area contributed by atoms with Crippen molar-refractivity contribution in [2.24, 2.45) is 5.41 Å². The SMILES string of the molecule is CC1=C(CCN2CCN(CCO)CC2)C(C)(C)CCC1. The Kier molecular flexibility index (Phi) is 5.65. The predicted molar refractivity (Wildman–Crippen MR) is 84.9 cm³/mol. The van der Waals surface area contributed by atoms with E-state index in [0.717, 1.165) is 32.7 Å². The van der Waals surface area contributed by atoms with Gasteiger partial charge in [0.2, 0.25) is 0 Å². The topological polar surface area (TPSA) is 26.7 Å². The number of aliphatic hydroxyl groups is 1. The van der Waals surface area contributed by atoms with Crippen molar-refractivity contribution in [2.45, 2.75) is 46.5 Å². The molecule has 0 aromatic heterocycles. The molecular weight excluding hydrogens is 248 g/mol. The highest BCUT2D eigenvalue weighted by Crippen LogP contribution is 2.41. The number of nitrogens with zero attached hydrogens (tertiary/aromatic N) is 2. The zero-order chi connectivity index (χ0) is 14.6. The van der Waals surface area contributed by atoms with Crippen LogP contribution in [0.5, 0.6) is 0 Å². The van der Waals surface area contributed by atoms with E-state index in [4.69, 9.17) is 5.11 Å². The summed E-state index contributed by atoms with van der Waals surface area (Å²) in [4.78, 5) is 4.96. The maximum atomic E-state index is 8.98. The molecule has 3 heteroatoms. The summed E-state index contributed by atoms with van der Waals surface area (Å²) in [5.74, 6) is 0. The van der Waals surface area contributed by atoms with Crippen molar-refractivity contribution in [1.82, 2.24) is 9.80 Å². The molecule has 0 atom stereocenters. The summed E-state index contributed by atoms with van der Waals surface area (Å²) >= 11 is 0. The van der Waals surface area contributed by atoms with E-state index in [2.05, 4.69) is 30.6 Å². The third kappa shape index (κ3) is 4.06. The van der Waals surface area contributed by atoms with Gasteiger partial charge in [0.05, 0.1) is 6.61 Å². The molecule has 1 N–H and O–H groups in total. The maximum Gasteiger partial charge on any atom is 0.0558 e. The molecule has 1 saturated heterocycles. The van der Waals surface area contributed by atoms with Crippen LogP contribution in [0.4, 0.5) is 0 Å². The minimum absolute atomic E-state index is 0.292. The monoisotopic (exact) mass is 280 g/mol. The van der Waals surface area contributed by atoms with Crippen LogP contribution < -0.4 is 0 Å². The average molecular weight is 280 g/mol. The molecule has 0 amide bonds. The minimum atomic E-state index is 0.292. The fourth-order valence-electron chi connectivity index (χ4n) is 3.87. The molecule has 1 heterocycles. The summed E-state index contributed by atoms with van der Waals surface area (Å²) in [6.45, 7) is 14.1. The molecule has 1 fully saturated rings. The van der Waals surface area contributed by atoms with Crippen LogP contribution in [0.25, 0.3) is 0 Å². The third-order valence-electron chi connectivity index (χ3n) is 5.24. The Hall–Kier alpha value is -0.380. The van der Waals surface area contributed by atoms with Gasteiger partial charge in [0, 0.05) is 39.3 Å². The lowest BCUT2D eigenvalue weighted by Gasteiger charge is -2.38. The first-order chi connectivity index (χ1) is 9.53. The van der Waals surface area contributed by atoms with Crippen molar-refractivity contribution in [3.8, 4) is 0 Å². The lowest BCUT2D eigenvalue weighted by Crippen LogP contribution is -2.47. The number of hydrogen-bond donors (Lipinski definition) is 1. The molecule has 0 unspecified atom stereocenters. The fraction of sp³-hybridized carbons (Fsp3) is 0.882. The Labute approximate surface area is 124 Å². The quantitative estimate of drug-likeness (QED) is 0.784. The zero-order valence-corrected chi connectivity index (χ0v) is 13.6. The van der Waals surface area contributed by atoms with Crippen molar-refractivity contribution in [1.29, 1.82) is 0 Å². The first-order valence-electron chi connectivity index (χ1n) is 8.27. The van der Waals surface area contributed by atoms with Gasteiger partial charge in [0.25, 0.3) is 0 Å². The lowest BCUT2D eigenvalue weighted by atomic mass is 9.71. The van der Waals surface area contributed by atoms with Crippen molar-refractivity contribution in [2.75, 3.05) is 45.9 Å². The number of aliphatic hydroxyl groups excluding tert-OH is 1. The van der Waals surface area contributed by atoms with Gasteiger partial charge in [-0.05, 0) is 38.0 Å². The summed E-state index contributed by atoms with van der Waals surface area (Å²) in [6.07, 6.45) is 5.27. The molecule has 3 nitrogen and oxygen atoms in total. The largest absolute Gasteiger partial charge is 0.395 e. The second-order valence-electron chi connectivity index (χ2n) is 7.15. The molecule has 20 heavy (non-hydrogen) atoms. The summed E-state index contributed by atoms with van der Waals surface area (Å²) in [5.41, 5.74) is 3.79. The first kappa shape index (κ1) is 16.0. The van der Waals surface area contributed by atoms with Gasteiger partial charge in [0.15, 0.2) is 0 Å². The smallest absolute Gasteiger partial charge is 0.0558 e. The molecule has 116 valence electrons. The van der Waals surface area contributed by atoms with Gasteiger partial charge >= 0.3 is 0 Å². The summed E-state index contributed by atoms with van der Waals surface area (Å²) in [5, 5.41) is 8.98. The van der Waals surface area contributed by atoms with Crippen LogP contribution in [0, 0.1) is 5.41 Å². The van der Waals surface area contributed by atoms with Gasteiger partial charge in [0.1, 0.15) is 0 Å². The molecule has 1 aliphatic carbocycles. The lowest BCUT2D eigenvalue weighted by molar-refractivity contribution is 0.112. The van der Waals surface area contributed by atoms with Crippen LogP contribution in [-0.2, 0) is 0 Å². The van der Waals surface area contributed by atoms with Gasteiger partial charge in [-0.25, -0.2) is 0 Å². The second-order valence-corrected chi connectivity index (χ2v) is 7.15. The average Bonchev–Trinajstić information content (AvgIpc) is 2.40. The standard InChI is InChI=1S/C17H32N2O/c1-15-5-4-7-17(2,3)16(15)6-8-18-9-11-19(12-10-18)13-14-20/h20H,4-14H2,1-3H3. The molecule has 2 rings (SSSR count). The highest BCUT2D eigenvalue weighted by molar-refractivity contribution is 5.22. The number of piperazine rings is 1. The number of rotatable bonds is 5. The number of allylic oxidation sites excluding steroid dienone is 1. The van der Waals surface area contributed by atoms with Gasteiger partial charge in [-0.2, -0.15) is 0 Å². The Morgan fingerprint density at radius 1 is 1.05 bits per heavy atom. The van der Waals surface area contributed by atoms with E-state index in [-0.39, 0.29) is 0 Å². The van der Waals surface area contributed by atoms with E-state index < -0.39 is 0 Å². The van der Waals surface area contributed by atoms with Crippen LogP contribution >= 0.6 is 0 Å². The fourth-order valence-corrected chi connectivity index (χ4v) is 3.87. The normalized spacial score (nSPS) is 25.2. The zero-order valence-electron chi connectivity index (χ0n) is 13.6. The summed E-state index contributed by atoms with van der Waals surface area (Å²) in [7, 11) is 0. The molecule has 0 aromatic carbocycles. The second kappa shape index (κ2) is 7.06. The van der Waals surface area contributed by atoms with E-state index in [0.29, 0.717) is 12.0 Å². The maximum absolute atomic E-state index is 8.98. The molecule has 2 aliphatic rings. The summed E-state index contributed by atoms with van der Waals surface area (Å²) in [6, 6.07) is 0. The van der Waals surface area contributed by atoms with Crippen molar-refractivity contribution >= 4 is 0 Å². The molecule has 1 aliphatic heterocycles. The van der Waals surface area contributed by atoms with E-state index in [1.165, 1.54) is 32.2 Å². The predicted octanol–water partition coefficient (Wildman–Crippen LogP) is 2.51. The highest BCUT2D eigenvalue weighted by Gasteiger charge is 2.28. The third-order valence-corrected chi connectivity index (χ3v) is 5.24. The molecule has 0 saturated carbocycles. The van der Waals surface area contributed by atoms with Crippen LogP contribution in [0.2, 0.25) is 0 Å². The molecule has 0 radical (unpaired) electrons. The van der Waals surface area contributed by atoms with Gasteiger partial charge in [-0.1, -0.05) is 25.0 Å². The van der Waals surface area contributed by atoms with E-state index in [1.807, 2.05) is 0 Å². The van der Waals surface area contributed by atoms with Crippen LogP contribution in [0.1, 0.15) is 46.5 Å². The summed E-state index contributed by atoms with van der Waals surface area (Å²) < 4.78 is 0. The number of β-amino-alcohol motifs (C(OH)–C–C–N with tert-alkyl or cyclic N) is 1. The molecule has 0 aromatic rings. The Bertz CT molecular complexity index is 341. The van der Waals surface area contributed by atoms with Crippen molar-refractivity contribution in [3.63, 3.8) is 0 Å². The van der Waals surface area contributed by atoms with Gasteiger partial charge in [-0.3, -0.25) is 4.90 Å². The Balaban J connectivity index is 1.81. The molecule has 0 bridgehead atoms. The first-order valence-corrected chi connectivity index (χ1v) is 8.27. The van der Waals surface area contributed by atoms with Crippen LogP contribution in [-0.4, -0.2) is 60.8 Å². The van der Waals surface area contributed by atoms with E-state index >= 15 is 0 Å². The van der Waals surface area contributed by atoms with Crippen LogP contribution in [0.15, 0.2) is 11.1 Å². The molecular formula is C17H32N2O. The van der Waals surface area contributed by atoms with Crippen LogP contribution in [0.3, 0.4) is 0 Å². The van der Waals surface area contributed by atoms with Crippen molar-refractivity contribution < 1.29 is 5.11 Å². The highest BCUT2D eigenvalue weighted by atomic mass is 16.3. The number of hydrogen-bond acceptors (Lipinski definition) is 3. The van der Waals surface area contributed by atoms with Gasteiger partial charge in [-0.15, -0.1) is 0 Å². The Morgan fingerprint density at radius 3 is 2.20 bits per heavy atom. The van der Waals surface area contributed by atoms with Crippen molar-refractivity contribution in [3.05, 3.63) is 11.1 Å².